The molecule has 3 nitrogen and oxygen atoms in total. The number of nitrogens with zero attached hydrogens (tertiary/aromatic N) is 1. The molecule has 0 aliphatic heterocycles. The fourth-order valence-corrected chi connectivity index (χ4v) is 3.61. The first-order chi connectivity index (χ1) is 7.95. The number of sulfone groups is 1. The zero-order chi connectivity index (χ0) is 13.1. The lowest BCUT2D eigenvalue weighted by molar-refractivity contribution is 0.525. The molecule has 0 atom stereocenters. The fraction of sp³-hybridized carbons (Fsp3) is 0.417. The highest BCUT2D eigenvalue weighted by molar-refractivity contribution is 7.93. The molecule has 1 aromatic rings. The Kier molecular flexibility index (Phi) is 3.89. The first-order valence-electron chi connectivity index (χ1n) is 5.35. The molecule has 0 bridgehead atoms. The highest BCUT2D eigenvalue weighted by Crippen LogP contribution is 2.32. The Hall–Kier alpha value is -1.41. The quantitative estimate of drug-likeness (QED) is 0.831. The van der Waals surface area contributed by atoms with Crippen molar-refractivity contribution in [3.05, 3.63) is 30.1 Å². The first kappa shape index (κ1) is 13.7. The molecule has 17 heavy (non-hydrogen) atoms. The molecule has 5 heteroatoms. The molecule has 0 aromatic heterocycles. The largest absolute Gasteiger partial charge is 0.222 e. The number of hydrogen-bond donors (Lipinski definition) is 0. The second kappa shape index (κ2) is 4.84. The highest BCUT2D eigenvalue weighted by Gasteiger charge is 2.43. The molecule has 0 amide bonds. The molecule has 0 spiro atoms. The summed E-state index contributed by atoms with van der Waals surface area (Å²) in [6.07, 6.45) is 0.271. The summed E-state index contributed by atoms with van der Waals surface area (Å²) < 4.78 is 36.6. The molecule has 0 heterocycles. The lowest BCUT2D eigenvalue weighted by Gasteiger charge is -2.23. The van der Waals surface area contributed by atoms with Gasteiger partial charge in [-0.25, -0.2) is 12.8 Å². The van der Waals surface area contributed by atoms with E-state index in [1.807, 2.05) is 6.07 Å². The van der Waals surface area contributed by atoms with Crippen LogP contribution in [0.15, 0.2) is 29.2 Å². The first-order valence-corrected chi connectivity index (χ1v) is 6.84. The topological polar surface area (TPSA) is 57.9 Å². The Morgan fingerprint density at radius 2 is 1.82 bits per heavy atom. The molecule has 0 fully saturated rings. The summed E-state index contributed by atoms with van der Waals surface area (Å²) in [5.74, 6) is -0.811. The molecule has 0 aliphatic carbocycles. The van der Waals surface area contributed by atoms with Crippen LogP contribution in [0.5, 0.6) is 0 Å². The van der Waals surface area contributed by atoms with E-state index in [-0.39, 0.29) is 12.8 Å². The molecule has 0 aliphatic rings. The standard InChI is InChI=1S/C12H14FNO2S/c1-3-12(4-2,9-14)17(15,16)11-8-6-5-7-10(11)13/h5-8H,3-4H2,1-2H3. The summed E-state index contributed by atoms with van der Waals surface area (Å²) in [5, 5.41) is 9.11. The van der Waals surface area contributed by atoms with Gasteiger partial charge in [0.15, 0.2) is 14.6 Å². The van der Waals surface area contributed by atoms with Crippen LogP contribution in [0.2, 0.25) is 0 Å². The van der Waals surface area contributed by atoms with Gasteiger partial charge >= 0.3 is 0 Å². The van der Waals surface area contributed by atoms with Crippen molar-refractivity contribution in [2.75, 3.05) is 0 Å². The maximum absolute atomic E-state index is 13.5. The Labute approximate surface area is 101 Å². The third kappa shape index (κ3) is 2.05. The minimum atomic E-state index is -3.98. The van der Waals surface area contributed by atoms with E-state index in [2.05, 4.69) is 0 Å². The molecule has 0 saturated carbocycles. The van der Waals surface area contributed by atoms with E-state index >= 15 is 0 Å². The Balaban J connectivity index is 3.50. The number of halogens is 1. The van der Waals surface area contributed by atoms with Crippen molar-refractivity contribution in [2.24, 2.45) is 0 Å². The van der Waals surface area contributed by atoms with Gasteiger partial charge in [-0.05, 0) is 25.0 Å². The van der Waals surface area contributed by atoms with Crippen LogP contribution in [0.1, 0.15) is 26.7 Å². The van der Waals surface area contributed by atoms with E-state index in [1.165, 1.54) is 18.2 Å². The lowest BCUT2D eigenvalue weighted by Crippen LogP contribution is -2.36. The Morgan fingerprint density at radius 1 is 1.29 bits per heavy atom. The fourth-order valence-electron chi connectivity index (χ4n) is 1.72. The predicted octanol–water partition coefficient (Wildman–Crippen LogP) is 2.68. The van der Waals surface area contributed by atoms with E-state index in [0.29, 0.717) is 0 Å². The lowest BCUT2D eigenvalue weighted by atomic mass is 10.1. The predicted molar refractivity (Wildman–Crippen MR) is 62.5 cm³/mol. The molecule has 0 unspecified atom stereocenters. The van der Waals surface area contributed by atoms with Gasteiger partial charge in [-0.15, -0.1) is 0 Å². The monoisotopic (exact) mass is 255 g/mol. The van der Waals surface area contributed by atoms with Crippen LogP contribution >= 0.6 is 0 Å². The number of rotatable bonds is 4. The van der Waals surface area contributed by atoms with E-state index in [1.54, 1.807) is 13.8 Å². The minimum Gasteiger partial charge on any atom is -0.222 e. The van der Waals surface area contributed by atoms with E-state index in [0.717, 1.165) is 6.07 Å². The van der Waals surface area contributed by atoms with Crippen LogP contribution in [0.3, 0.4) is 0 Å². The van der Waals surface area contributed by atoms with Crippen molar-refractivity contribution in [1.29, 1.82) is 5.26 Å². The van der Waals surface area contributed by atoms with Crippen LogP contribution in [0, 0.1) is 17.1 Å². The molecule has 0 saturated heterocycles. The second-order valence-corrected chi connectivity index (χ2v) is 5.98. The molecule has 0 radical (unpaired) electrons. The van der Waals surface area contributed by atoms with Crippen LogP contribution in [-0.4, -0.2) is 13.2 Å². The molecule has 0 N–H and O–H groups in total. The number of hydrogen-bond acceptors (Lipinski definition) is 3. The molecular weight excluding hydrogens is 241 g/mol. The third-order valence-corrected chi connectivity index (χ3v) is 5.59. The molecule has 1 rings (SSSR count). The van der Waals surface area contributed by atoms with Crippen molar-refractivity contribution in [2.45, 2.75) is 36.3 Å². The van der Waals surface area contributed by atoms with Crippen LogP contribution in [-0.2, 0) is 9.84 Å². The Bertz CT molecular complexity index is 542. The van der Waals surface area contributed by atoms with Crippen molar-refractivity contribution in [1.82, 2.24) is 0 Å². The van der Waals surface area contributed by atoms with Gasteiger partial charge in [0.1, 0.15) is 10.7 Å². The summed E-state index contributed by atoms with van der Waals surface area (Å²) in [6, 6.07) is 6.97. The van der Waals surface area contributed by atoms with Gasteiger partial charge in [-0.1, -0.05) is 26.0 Å². The normalized spacial score (nSPS) is 12.1. The van der Waals surface area contributed by atoms with E-state index < -0.39 is 25.3 Å². The van der Waals surface area contributed by atoms with Gasteiger partial charge in [0.25, 0.3) is 0 Å². The maximum atomic E-state index is 13.5. The maximum Gasteiger partial charge on any atom is 0.200 e. The average molecular weight is 255 g/mol. The van der Waals surface area contributed by atoms with E-state index in [9.17, 15) is 12.8 Å². The number of benzene rings is 1. The minimum absolute atomic E-state index is 0.136. The summed E-state index contributed by atoms with van der Waals surface area (Å²) in [5.41, 5.74) is 0. The Morgan fingerprint density at radius 3 is 2.24 bits per heavy atom. The van der Waals surface area contributed by atoms with Crippen molar-refractivity contribution < 1.29 is 12.8 Å². The summed E-state index contributed by atoms with van der Waals surface area (Å²) in [4.78, 5) is -0.398. The zero-order valence-electron chi connectivity index (χ0n) is 9.77. The van der Waals surface area contributed by atoms with Crippen LogP contribution < -0.4 is 0 Å². The molecule has 1 aromatic carbocycles. The van der Waals surface area contributed by atoms with Crippen molar-refractivity contribution in [3.8, 4) is 6.07 Å². The van der Waals surface area contributed by atoms with Gasteiger partial charge < -0.3 is 0 Å². The SMILES string of the molecule is CCC(C#N)(CC)S(=O)(=O)c1ccccc1F. The van der Waals surface area contributed by atoms with Crippen LogP contribution in [0.25, 0.3) is 0 Å². The third-order valence-electron chi connectivity index (χ3n) is 2.99. The summed E-state index contributed by atoms with van der Waals surface area (Å²) >= 11 is 0. The van der Waals surface area contributed by atoms with Crippen molar-refractivity contribution >= 4 is 9.84 Å². The highest BCUT2D eigenvalue weighted by atomic mass is 32.2. The summed E-state index contributed by atoms with van der Waals surface area (Å²) in [7, 11) is -3.98. The zero-order valence-corrected chi connectivity index (χ0v) is 10.6. The second-order valence-electron chi connectivity index (χ2n) is 3.75. The van der Waals surface area contributed by atoms with E-state index in [4.69, 9.17) is 5.26 Å². The van der Waals surface area contributed by atoms with Gasteiger partial charge in [0.2, 0.25) is 0 Å². The van der Waals surface area contributed by atoms with Gasteiger partial charge in [0, 0.05) is 0 Å². The van der Waals surface area contributed by atoms with Gasteiger partial charge in [-0.3, -0.25) is 0 Å². The molecule has 92 valence electrons. The number of nitriles is 1. The average Bonchev–Trinajstić information content (AvgIpc) is 2.32. The smallest absolute Gasteiger partial charge is 0.200 e. The van der Waals surface area contributed by atoms with Crippen LogP contribution in [0.4, 0.5) is 4.39 Å². The van der Waals surface area contributed by atoms with Gasteiger partial charge in [0.05, 0.1) is 6.07 Å². The summed E-state index contributed by atoms with van der Waals surface area (Å²) in [6.45, 7) is 3.23. The van der Waals surface area contributed by atoms with Crippen molar-refractivity contribution in [3.63, 3.8) is 0 Å². The van der Waals surface area contributed by atoms with Gasteiger partial charge in [-0.2, -0.15) is 5.26 Å². The molecular formula is C12H14FNO2S.